The first kappa shape index (κ1) is 37.3. The van der Waals surface area contributed by atoms with Gasteiger partial charge in [0.25, 0.3) is 5.91 Å². The molecule has 11 nitrogen and oxygen atoms in total. The lowest BCUT2D eigenvalue weighted by Crippen LogP contribution is -2.39. The second-order valence-corrected chi connectivity index (χ2v) is 14.8. The van der Waals surface area contributed by atoms with E-state index in [4.69, 9.17) is 27.9 Å². The van der Waals surface area contributed by atoms with Crippen LogP contribution >= 0.6 is 23.2 Å². The number of fused-ring (bicyclic) bond motifs is 2. The number of nitrogens with one attached hydrogen (secondary N) is 2. The number of carbonyl (C=O) groups excluding carboxylic acids is 1. The standard InChI is InChI=1S/C39H42Cl2FN5O6/c1-20(18-48)47-14-13-31-29(17-47)44-37(46(31)2)38(50)45-28-8-4-7-25(34(28)40)22-5-3-6-24-23(22)11-12-32(24)53-33-15-26(21-9-10-21)27(36(42)35(33)41)16-43-30(19-49)39(51)52/h3-8,15,20-21,30,32,43,48-49H,9-14,16-19H2,1-2H3,(H,45,50)(H,51,52)/t20?,30-,32?/m1/s1. The molecule has 1 saturated carbocycles. The summed E-state index contributed by atoms with van der Waals surface area (Å²) in [6.45, 7) is 2.62. The Hall–Kier alpha value is -4.04. The minimum atomic E-state index is -1.23. The summed E-state index contributed by atoms with van der Waals surface area (Å²) in [5, 5.41) is 34.2. The van der Waals surface area contributed by atoms with Crippen LogP contribution in [0.5, 0.6) is 5.75 Å². The third-order valence-corrected chi connectivity index (χ3v) is 11.5. The number of aliphatic carboxylic acids is 1. The summed E-state index contributed by atoms with van der Waals surface area (Å²) >= 11 is 13.6. The first-order chi connectivity index (χ1) is 25.5. The van der Waals surface area contributed by atoms with Crippen LogP contribution in [0, 0.1) is 5.82 Å². The summed E-state index contributed by atoms with van der Waals surface area (Å²) in [4.78, 5) is 31.8. The van der Waals surface area contributed by atoms with Crippen LogP contribution < -0.4 is 15.4 Å². The fourth-order valence-corrected chi connectivity index (χ4v) is 8.03. The molecular formula is C39H42Cl2FN5O6. The lowest BCUT2D eigenvalue weighted by molar-refractivity contribution is -0.140. The number of carboxylic acids is 1. The minimum Gasteiger partial charge on any atom is -0.484 e. The number of imidazole rings is 1. The van der Waals surface area contributed by atoms with E-state index in [0.29, 0.717) is 30.1 Å². The molecule has 3 atom stereocenters. The van der Waals surface area contributed by atoms with Crippen molar-refractivity contribution in [3.63, 3.8) is 0 Å². The Morgan fingerprint density at radius 2 is 1.79 bits per heavy atom. The summed E-state index contributed by atoms with van der Waals surface area (Å²) in [5.74, 6) is -1.64. The Balaban J connectivity index is 1.11. The molecule has 1 aliphatic heterocycles. The zero-order chi connectivity index (χ0) is 37.6. The zero-order valence-electron chi connectivity index (χ0n) is 29.5. The van der Waals surface area contributed by atoms with Crippen molar-refractivity contribution in [1.82, 2.24) is 19.8 Å². The number of rotatable bonds is 13. The van der Waals surface area contributed by atoms with Gasteiger partial charge in [-0.05, 0) is 72.9 Å². The van der Waals surface area contributed by atoms with Gasteiger partial charge in [0.1, 0.15) is 28.7 Å². The number of benzene rings is 3. The lowest BCUT2D eigenvalue weighted by Gasteiger charge is -2.30. The topological polar surface area (TPSA) is 149 Å². The number of anilines is 1. The molecule has 2 aliphatic carbocycles. The van der Waals surface area contributed by atoms with Crippen molar-refractivity contribution >= 4 is 40.8 Å². The highest BCUT2D eigenvalue weighted by molar-refractivity contribution is 6.36. The van der Waals surface area contributed by atoms with Gasteiger partial charge in [-0.25, -0.2) is 9.37 Å². The van der Waals surface area contributed by atoms with E-state index in [0.717, 1.165) is 65.0 Å². The molecule has 1 fully saturated rings. The molecule has 0 bridgehead atoms. The van der Waals surface area contributed by atoms with Crippen molar-refractivity contribution in [3.8, 4) is 16.9 Å². The van der Waals surface area contributed by atoms with E-state index in [1.54, 1.807) is 12.1 Å². The van der Waals surface area contributed by atoms with Crippen LogP contribution in [-0.2, 0) is 37.8 Å². The maximum Gasteiger partial charge on any atom is 0.323 e. The van der Waals surface area contributed by atoms with Crippen molar-refractivity contribution < 1.29 is 34.0 Å². The molecule has 3 aromatic carbocycles. The van der Waals surface area contributed by atoms with Crippen molar-refractivity contribution in [1.29, 1.82) is 0 Å². The highest BCUT2D eigenvalue weighted by Gasteiger charge is 2.34. The molecule has 0 radical (unpaired) electrons. The number of nitrogens with zero attached hydrogens (tertiary/aromatic N) is 3. The Morgan fingerprint density at radius 3 is 2.51 bits per heavy atom. The van der Waals surface area contributed by atoms with Crippen LogP contribution in [0.25, 0.3) is 11.1 Å². The fourth-order valence-electron chi connectivity index (χ4n) is 7.54. The van der Waals surface area contributed by atoms with Crippen LogP contribution in [0.15, 0.2) is 42.5 Å². The molecule has 2 heterocycles. The highest BCUT2D eigenvalue weighted by Crippen LogP contribution is 2.48. The van der Waals surface area contributed by atoms with Crippen molar-refractivity contribution in [2.24, 2.45) is 7.05 Å². The van der Waals surface area contributed by atoms with E-state index in [1.807, 2.05) is 48.9 Å². The summed E-state index contributed by atoms with van der Waals surface area (Å²) in [5.41, 5.74) is 6.88. The maximum absolute atomic E-state index is 15.8. The molecule has 0 spiro atoms. The molecular weight excluding hydrogens is 724 g/mol. The number of aliphatic hydroxyl groups excluding tert-OH is 2. The molecule has 1 aromatic heterocycles. The number of aliphatic hydroxyl groups is 2. The van der Waals surface area contributed by atoms with Gasteiger partial charge in [-0.2, -0.15) is 0 Å². The number of aromatic nitrogens is 2. The van der Waals surface area contributed by atoms with E-state index in [-0.39, 0.29) is 53.2 Å². The average molecular weight is 767 g/mol. The van der Waals surface area contributed by atoms with Gasteiger partial charge in [-0.1, -0.05) is 53.5 Å². The molecule has 0 saturated heterocycles. The second-order valence-electron chi connectivity index (χ2n) is 14.1. The van der Waals surface area contributed by atoms with E-state index >= 15 is 4.39 Å². The average Bonchev–Trinajstić information content (AvgIpc) is 3.84. The predicted octanol–water partition coefficient (Wildman–Crippen LogP) is 6.00. The van der Waals surface area contributed by atoms with Crippen LogP contribution in [0.4, 0.5) is 10.1 Å². The molecule has 1 amide bonds. The molecule has 5 N–H and O–H groups in total. The van der Waals surface area contributed by atoms with Gasteiger partial charge in [0.2, 0.25) is 0 Å². The van der Waals surface area contributed by atoms with Crippen molar-refractivity contribution in [2.75, 3.05) is 25.1 Å². The number of hydrogen-bond acceptors (Lipinski definition) is 8. The molecule has 14 heteroatoms. The van der Waals surface area contributed by atoms with Crippen LogP contribution in [0.1, 0.15) is 82.5 Å². The molecule has 280 valence electrons. The van der Waals surface area contributed by atoms with Gasteiger partial charge in [-0.3, -0.25) is 19.8 Å². The van der Waals surface area contributed by atoms with Crippen molar-refractivity contribution in [3.05, 3.63) is 97.8 Å². The lowest BCUT2D eigenvalue weighted by atomic mass is 9.96. The monoisotopic (exact) mass is 765 g/mol. The van der Waals surface area contributed by atoms with E-state index in [2.05, 4.69) is 20.5 Å². The van der Waals surface area contributed by atoms with Crippen LogP contribution in [0.3, 0.4) is 0 Å². The van der Waals surface area contributed by atoms with Gasteiger partial charge in [0, 0.05) is 56.0 Å². The molecule has 3 aliphatic rings. The van der Waals surface area contributed by atoms with Gasteiger partial charge in [0.15, 0.2) is 5.82 Å². The molecule has 2 unspecified atom stereocenters. The van der Waals surface area contributed by atoms with Gasteiger partial charge in [-0.15, -0.1) is 0 Å². The van der Waals surface area contributed by atoms with Crippen molar-refractivity contribution in [2.45, 2.75) is 76.2 Å². The quantitative estimate of drug-likeness (QED) is 0.111. The predicted molar refractivity (Wildman–Crippen MR) is 199 cm³/mol. The van der Waals surface area contributed by atoms with E-state index < -0.39 is 30.5 Å². The SMILES string of the molecule is CC(CO)N1CCc2c(nc(C(=O)Nc3cccc(-c4cccc5c4CCC5Oc4cc(C5CC5)c(CN[C@H](CO)C(=O)O)c(F)c4Cl)c3Cl)n2C)C1. The Kier molecular flexibility index (Phi) is 10.8. The Bertz CT molecular complexity index is 2070. The number of halogens is 3. The number of carbonyl (C=O) groups is 2. The largest absolute Gasteiger partial charge is 0.484 e. The number of ether oxygens (including phenoxy) is 1. The fraction of sp³-hybridized carbons (Fsp3) is 0.410. The maximum atomic E-state index is 15.8. The molecule has 7 rings (SSSR count). The normalized spacial score (nSPS) is 18.0. The highest BCUT2D eigenvalue weighted by atomic mass is 35.5. The van der Waals surface area contributed by atoms with E-state index in [1.165, 1.54) is 0 Å². The summed E-state index contributed by atoms with van der Waals surface area (Å²) in [7, 11) is 1.84. The second kappa shape index (κ2) is 15.4. The molecule has 53 heavy (non-hydrogen) atoms. The van der Waals surface area contributed by atoms with E-state index in [9.17, 15) is 24.9 Å². The third kappa shape index (κ3) is 7.28. The first-order valence-corrected chi connectivity index (χ1v) is 18.6. The minimum absolute atomic E-state index is 0.000560. The number of hydrogen-bond donors (Lipinski definition) is 5. The van der Waals surface area contributed by atoms with Crippen LogP contribution in [0.2, 0.25) is 10.0 Å². The zero-order valence-corrected chi connectivity index (χ0v) is 31.0. The van der Waals surface area contributed by atoms with Gasteiger partial charge in [0.05, 0.1) is 29.6 Å². The molecule has 4 aromatic rings. The summed E-state index contributed by atoms with van der Waals surface area (Å²) in [6.07, 6.45) is 3.36. The first-order valence-electron chi connectivity index (χ1n) is 17.9. The van der Waals surface area contributed by atoms with Gasteiger partial charge >= 0.3 is 5.97 Å². The van der Waals surface area contributed by atoms with Gasteiger partial charge < -0.3 is 29.9 Å². The Morgan fingerprint density at radius 1 is 1.04 bits per heavy atom. The van der Waals surface area contributed by atoms with Crippen LogP contribution in [-0.4, -0.2) is 73.5 Å². The summed E-state index contributed by atoms with van der Waals surface area (Å²) < 4.78 is 24.1. The number of amides is 1. The summed E-state index contributed by atoms with van der Waals surface area (Å²) in [6, 6.07) is 11.9. The smallest absolute Gasteiger partial charge is 0.323 e. The third-order valence-electron chi connectivity index (χ3n) is 10.7. The number of carboxylic acid groups (broad SMARTS) is 1. The Labute approximate surface area is 316 Å².